The average Bonchev–Trinajstić information content (AvgIpc) is 2.44. The molecule has 0 radical (unpaired) electrons. The number of carboxylic acids is 1. The van der Waals surface area contributed by atoms with E-state index >= 15 is 0 Å². The van der Waals surface area contributed by atoms with Crippen LogP contribution in [-0.4, -0.2) is 17.4 Å². The summed E-state index contributed by atoms with van der Waals surface area (Å²) in [6, 6.07) is 8.40. The van der Waals surface area contributed by atoms with Gasteiger partial charge in [0, 0.05) is 0 Å². The summed E-state index contributed by atoms with van der Waals surface area (Å²) < 4.78 is 47.4. The number of carbonyl (C=O) groups is 1. The lowest BCUT2D eigenvalue weighted by Crippen LogP contribution is -2.17. The largest absolute Gasteiger partial charge is 0.573 e. The Balaban J connectivity index is 2.14. The Labute approximate surface area is 162 Å². The van der Waals surface area contributed by atoms with Crippen molar-refractivity contribution in [2.75, 3.05) is 0 Å². The molecule has 0 bridgehead atoms. The Morgan fingerprint density at radius 2 is 1.75 bits per heavy atom. The Hall–Kier alpha value is -1.24. The van der Waals surface area contributed by atoms with E-state index in [1.54, 1.807) is 6.07 Å². The van der Waals surface area contributed by atoms with Crippen LogP contribution in [0.3, 0.4) is 0 Å². The lowest BCUT2D eigenvalue weighted by Gasteiger charge is -2.13. The normalized spacial score (nSPS) is 11.2. The summed E-state index contributed by atoms with van der Waals surface area (Å²) in [7, 11) is 0. The van der Waals surface area contributed by atoms with Gasteiger partial charge in [0.05, 0.1) is 12.7 Å². The van der Waals surface area contributed by atoms with Crippen LogP contribution in [0.25, 0.3) is 0 Å². The standard InChI is InChI=1S/C15H9F3I2O4/c16-15(17,18)24-10-3-1-2-8(4-10)7-23-13-11(19)5-9(14(21)22)6-12(13)20/h1-6H,7H2,(H,21,22). The molecule has 24 heavy (non-hydrogen) atoms. The van der Waals surface area contributed by atoms with Crippen molar-refractivity contribution in [3.8, 4) is 11.5 Å². The second kappa shape index (κ2) is 7.76. The minimum absolute atomic E-state index is 0.0213. The van der Waals surface area contributed by atoms with Gasteiger partial charge < -0.3 is 14.6 Å². The first-order valence-corrected chi connectivity index (χ1v) is 8.51. The van der Waals surface area contributed by atoms with Crippen LogP contribution in [0.4, 0.5) is 13.2 Å². The molecular formula is C15H9F3I2O4. The van der Waals surface area contributed by atoms with Crippen molar-refractivity contribution in [1.82, 2.24) is 0 Å². The first-order chi connectivity index (χ1) is 11.2. The van der Waals surface area contributed by atoms with E-state index in [2.05, 4.69) is 4.74 Å². The summed E-state index contributed by atoms with van der Waals surface area (Å²) in [6.07, 6.45) is -4.75. The van der Waals surface area contributed by atoms with Crippen molar-refractivity contribution >= 4 is 51.2 Å². The second-order valence-electron chi connectivity index (χ2n) is 4.56. The number of hydrogen-bond acceptors (Lipinski definition) is 3. The molecule has 0 aliphatic rings. The highest BCUT2D eigenvalue weighted by Crippen LogP contribution is 2.30. The Morgan fingerprint density at radius 1 is 1.12 bits per heavy atom. The Kier molecular flexibility index (Phi) is 6.17. The van der Waals surface area contributed by atoms with Gasteiger partial charge in [-0.15, -0.1) is 13.2 Å². The molecule has 0 saturated carbocycles. The van der Waals surface area contributed by atoms with Gasteiger partial charge in [0.2, 0.25) is 0 Å². The molecule has 128 valence electrons. The number of ether oxygens (including phenoxy) is 2. The second-order valence-corrected chi connectivity index (χ2v) is 6.88. The van der Waals surface area contributed by atoms with Crippen LogP contribution in [0, 0.1) is 7.14 Å². The zero-order valence-electron chi connectivity index (χ0n) is 11.7. The summed E-state index contributed by atoms with van der Waals surface area (Å²) in [4.78, 5) is 11.0. The van der Waals surface area contributed by atoms with Crippen molar-refractivity contribution in [1.29, 1.82) is 0 Å². The van der Waals surface area contributed by atoms with E-state index in [1.165, 1.54) is 30.3 Å². The first-order valence-electron chi connectivity index (χ1n) is 6.35. The lowest BCUT2D eigenvalue weighted by molar-refractivity contribution is -0.274. The number of benzene rings is 2. The average molecular weight is 564 g/mol. The summed E-state index contributed by atoms with van der Waals surface area (Å²) in [6.45, 7) is 0.0213. The third-order valence-corrected chi connectivity index (χ3v) is 4.36. The Bertz CT molecular complexity index is 740. The topological polar surface area (TPSA) is 55.8 Å². The van der Waals surface area contributed by atoms with Crippen molar-refractivity contribution in [2.45, 2.75) is 13.0 Å². The fourth-order valence-electron chi connectivity index (χ4n) is 1.81. The van der Waals surface area contributed by atoms with Crippen molar-refractivity contribution in [2.24, 2.45) is 0 Å². The molecule has 2 rings (SSSR count). The molecule has 0 atom stereocenters. The highest BCUT2D eigenvalue weighted by atomic mass is 127. The van der Waals surface area contributed by atoms with Crippen LogP contribution >= 0.6 is 45.2 Å². The van der Waals surface area contributed by atoms with Crippen LogP contribution in [0.15, 0.2) is 36.4 Å². The van der Waals surface area contributed by atoms with Crippen molar-refractivity contribution < 1.29 is 32.5 Å². The SMILES string of the molecule is O=C(O)c1cc(I)c(OCc2cccc(OC(F)(F)F)c2)c(I)c1. The predicted molar refractivity (Wildman–Crippen MR) is 96.3 cm³/mol. The van der Waals surface area contributed by atoms with E-state index in [0.29, 0.717) is 18.5 Å². The van der Waals surface area contributed by atoms with E-state index in [0.717, 1.165) is 0 Å². The molecule has 0 fully saturated rings. The van der Waals surface area contributed by atoms with Gasteiger partial charge in [0.25, 0.3) is 0 Å². The van der Waals surface area contributed by atoms with Crippen molar-refractivity contribution in [3.63, 3.8) is 0 Å². The van der Waals surface area contributed by atoms with Crippen molar-refractivity contribution in [3.05, 3.63) is 54.7 Å². The third kappa shape index (κ3) is 5.40. The van der Waals surface area contributed by atoms with E-state index in [-0.39, 0.29) is 17.9 Å². The molecule has 1 N–H and O–H groups in total. The fraction of sp³-hybridized carbons (Fsp3) is 0.133. The Morgan fingerprint density at radius 3 is 2.29 bits per heavy atom. The van der Waals surface area contributed by atoms with Gasteiger partial charge in [-0.25, -0.2) is 4.79 Å². The minimum Gasteiger partial charge on any atom is -0.487 e. The molecule has 0 saturated heterocycles. The van der Waals surface area contributed by atoms with Gasteiger partial charge in [-0.05, 0) is 75.0 Å². The molecular weight excluding hydrogens is 555 g/mol. The van der Waals surface area contributed by atoms with Crippen LogP contribution in [0.2, 0.25) is 0 Å². The maximum Gasteiger partial charge on any atom is 0.573 e. The number of carboxylic acid groups (broad SMARTS) is 1. The summed E-state index contributed by atoms with van der Waals surface area (Å²) in [5.41, 5.74) is 0.627. The molecule has 9 heteroatoms. The van der Waals surface area contributed by atoms with Crippen LogP contribution < -0.4 is 9.47 Å². The van der Waals surface area contributed by atoms with Gasteiger partial charge in [-0.1, -0.05) is 12.1 Å². The maximum atomic E-state index is 12.2. The number of hydrogen-bond donors (Lipinski definition) is 1. The van der Waals surface area contributed by atoms with Gasteiger partial charge >= 0.3 is 12.3 Å². The molecule has 0 aliphatic carbocycles. The zero-order valence-corrected chi connectivity index (χ0v) is 16.0. The van der Waals surface area contributed by atoms with E-state index < -0.39 is 12.3 Å². The lowest BCUT2D eigenvalue weighted by atomic mass is 10.2. The van der Waals surface area contributed by atoms with Gasteiger partial charge in [0.1, 0.15) is 18.1 Å². The molecule has 0 unspecified atom stereocenters. The van der Waals surface area contributed by atoms with Gasteiger partial charge in [-0.2, -0.15) is 0 Å². The molecule has 0 heterocycles. The molecule has 0 aliphatic heterocycles. The van der Waals surface area contributed by atoms with Gasteiger partial charge in [0.15, 0.2) is 0 Å². The molecule has 2 aromatic carbocycles. The summed E-state index contributed by atoms with van der Waals surface area (Å²) >= 11 is 3.89. The van der Waals surface area contributed by atoms with Gasteiger partial charge in [-0.3, -0.25) is 0 Å². The number of rotatable bonds is 5. The van der Waals surface area contributed by atoms with Crippen LogP contribution in [-0.2, 0) is 6.61 Å². The van der Waals surface area contributed by atoms with Crippen LogP contribution in [0.5, 0.6) is 11.5 Å². The quantitative estimate of drug-likeness (QED) is 0.516. The maximum absolute atomic E-state index is 12.2. The van der Waals surface area contributed by atoms with E-state index in [4.69, 9.17) is 9.84 Å². The van der Waals surface area contributed by atoms with E-state index in [9.17, 15) is 18.0 Å². The molecule has 0 spiro atoms. The first kappa shape index (κ1) is 19.1. The third-order valence-electron chi connectivity index (χ3n) is 2.76. The molecule has 0 aromatic heterocycles. The highest BCUT2D eigenvalue weighted by molar-refractivity contribution is 14.1. The number of halogens is 5. The molecule has 0 amide bonds. The molecule has 4 nitrogen and oxygen atoms in total. The zero-order chi connectivity index (χ0) is 17.9. The summed E-state index contributed by atoms with van der Waals surface area (Å²) in [5.74, 6) is -0.896. The molecule has 2 aromatic rings. The van der Waals surface area contributed by atoms with E-state index in [1.807, 2.05) is 45.2 Å². The van der Waals surface area contributed by atoms with Crippen LogP contribution in [0.1, 0.15) is 15.9 Å². The smallest absolute Gasteiger partial charge is 0.487 e. The summed E-state index contributed by atoms with van der Waals surface area (Å²) in [5, 5.41) is 9.00. The highest BCUT2D eigenvalue weighted by Gasteiger charge is 2.31. The number of aromatic carboxylic acids is 1. The number of alkyl halides is 3. The predicted octanol–water partition coefficient (Wildman–Crippen LogP) is 5.07. The fourth-order valence-corrected chi connectivity index (χ4v) is 3.89. The minimum atomic E-state index is -4.75. The monoisotopic (exact) mass is 564 g/mol.